The van der Waals surface area contributed by atoms with Crippen molar-refractivity contribution in [2.24, 2.45) is 0 Å². The quantitative estimate of drug-likeness (QED) is 0.291. The summed E-state index contributed by atoms with van der Waals surface area (Å²) in [5, 5.41) is 15.7. The van der Waals surface area contributed by atoms with E-state index < -0.39 is 5.12 Å². The Hall–Kier alpha value is 0.620. The molecule has 0 aliphatic carbocycles. The monoisotopic (exact) mass is 182 g/mol. The van der Waals surface area contributed by atoms with Gasteiger partial charge < -0.3 is 10.2 Å². The van der Waals surface area contributed by atoms with Crippen molar-refractivity contribution >= 4 is 25.3 Å². The number of unbranched alkanes of at least 4 members (excludes halogenated alkanes) is 2. The van der Waals surface area contributed by atoms with Gasteiger partial charge in [-0.3, -0.25) is 0 Å². The van der Waals surface area contributed by atoms with Gasteiger partial charge in [-0.15, -0.1) is 12.6 Å². The standard InChI is InChI=1S/C6H14O2S2/c7-6(8,10)4-2-1-3-5-9/h7-10H,1-5H2. The number of hydrogen-bond donors (Lipinski definition) is 4. The second-order valence-electron chi connectivity index (χ2n) is 2.31. The van der Waals surface area contributed by atoms with Crippen LogP contribution in [0.25, 0.3) is 0 Å². The Morgan fingerprint density at radius 2 is 1.70 bits per heavy atom. The van der Waals surface area contributed by atoms with Gasteiger partial charge in [0.15, 0.2) is 0 Å². The molecule has 0 aliphatic heterocycles. The maximum Gasteiger partial charge on any atom is 0.210 e. The van der Waals surface area contributed by atoms with Crippen molar-refractivity contribution in [1.82, 2.24) is 0 Å². The summed E-state index contributed by atoms with van der Waals surface area (Å²) in [7, 11) is 0. The van der Waals surface area contributed by atoms with Gasteiger partial charge in [0.2, 0.25) is 5.12 Å². The number of aliphatic hydroxyl groups is 2. The molecule has 10 heavy (non-hydrogen) atoms. The van der Waals surface area contributed by atoms with Gasteiger partial charge in [-0.05, 0) is 18.6 Å². The topological polar surface area (TPSA) is 40.5 Å². The van der Waals surface area contributed by atoms with Crippen LogP contribution in [0.5, 0.6) is 0 Å². The molecular weight excluding hydrogens is 168 g/mol. The average Bonchev–Trinajstić information content (AvgIpc) is 1.78. The summed E-state index contributed by atoms with van der Waals surface area (Å²) in [6, 6.07) is 0. The molecule has 0 amide bonds. The van der Waals surface area contributed by atoms with Gasteiger partial charge in [0, 0.05) is 6.42 Å². The second kappa shape index (κ2) is 5.29. The van der Waals surface area contributed by atoms with Crippen LogP contribution in [0.3, 0.4) is 0 Å². The van der Waals surface area contributed by atoms with Gasteiger partial charge in [0.25, 0.3) is 0 Å². The van der Waals surface area contributed by atoms with Crippen LogP contribution in [0.15, 0.2) is 0 Å². The molecule has 62 valence electrons. The van der Waals surface area contributed by atoms with Crippen molar-refractivity contribution in [2.45, 2.75) is 30.8 Å². The Kier molecular flexibility index (Phi) is 5.62. The molecule has 2 N–H and O–H groups in total. The Balaban J connectivity index is 3.04. The van der Waals surface area contributed by atoms with Crippen molar-refractivity contribution in [3.05, 3.63) is 0 Å². The molecule has 0 spiro atoms. The average molecular weight is 182 g/mol. The van der Waals surface area contributed by atoms with Crippen LogP contribution in [0.4, 0.5) is 0 Å². The van der Waals surface area contributed by atoms with E-state index in [9.17, 15) is 0 Å². The van der Waals surface area contributed by atoms with E-state index in [1.54, 1.807) is 0 Å². The molecule has 0 heterocycles. The summed E-state index contributed by atoms with van der Waals surface area (Å²) in [5.74, 6) is 0.858. The molecule has 0 fully saturated rings. The van der Waals surface area contributed by atoms with Crippen LogP contribution in [0.1, 0.15) is 25.7 Å². The summed E-state index contributed by atoms with van der Waals surface area (Å²) in [4.78, 5) is 0. The predicted molar refractivity (Wildman–Crippen MR) is 48.5 cm³/mol. The van der Waals surface area contributed by atoms with Crippen molar-refractivity contribution in [2.75, 3.05) is 5.75 Å². The lowest BCUT2D eigenvalue weighted by atomic mass is 10.2. The Bertz CT molecular complexity index is 80.3. The summed E-state index contributed by atoms with van der Waals surface area (Å²) in [5.41, 5.74) is 0. The van der Waals surface area contributed by atoms with E-state index >= 15 is 0 Å². The highest BCUT2D eigenvalue weighted by Gasteiger charge is 2.14. The fourth-order valence-electron chi connectivity index (χ4n) is 0.651. The van der Waals surface area contributed by atoms with Crippen LogP contribution >= 0.6 is 25.3 Å². The Morgan fingerprint density at radius 1 is 1.10 bits per heavy atom. The number of hydrogen-bond acceptors (Lipinski definition) is 4. The van der Waals surface area contributed by atoms with Crippen molar-refractivity contribution in [1.29, 1.82) is 0 Å². The molecule has 0 saturated heterocycles. The third-order valence-electron chi connectivity index (χ3n) is 1.17. The van der Waals surface area contributed by atoms with Crippen LogP contribution in [-0.4, -0.2) is 21.1 Å². The molecular formula is C6H14O2S2. The van der Waals surface area contributed by atoms with Crippen LogP contribution in [0.2, 0.25) is 0 Å². The third-order valence-corrected chi connectivity index (χ3v) is 1.71. The molecule has 0 aliphatic rings. The fraction of sp³-hybridized carbons (Fsp3) is 1.00. The number of thiol groups is 2. The van der Waals surface area contributed by atoms with E-state index in [2.05, 4.69) is 25.3 Å². The van der Waals surface area contributed by atoms with Gasteiger partial charge >= 0.3 is 0 Å². The van der Waals surface area contributed by atoms with Crippen LogP contribution in [-0.2, 0) is 0 Å². The van der Waals surface area contributed by atoms with E-state index in [1.807, 2.05) is 0 Å². The normalized spacial score (nSPS) is 12.0. The van der Waals surface area contributed by atoms with E-state index in [4.69, 9.17) is 10.2 Å². The van der Waals surface area contributed by atoms with E-state index in [0.717, 1.165) is 25.0 Å². The second-order valence-corrected chi connectivity index (χ2v) is 3.47. The molecule has 0 bridgehead atoms. The van der Waals surface area contributed by atoms with Gasteiger partial charge in [-0.1, -0.05) is 6.42 Å². The Morgan fingerprint density at radius 3 is 2.10 bits per heavy atom. The molecule has 4 heteroatoms. The van der Waals surface area contributed by atoms with E-state index in [-0.39, 0.29) is 0 Å². The third kappa shape index (κ3) is 8.62. The summed E-state index contributed by atoms with van der Waals surface area (Å²) < 4.78 is 0. The lowest BCUT2D eigenvalue weighted by molar-refractivity contribution is -0.0803. The van der Waals surface area contributed by atoms with Gasteiger partial charge in [0.05, 0.1) is 0 Å². The van der Waals surface area contributed by atoms with Gasteiger partial charge in [-0.25, -0.2) is 0 Å². The van der Waals surface area contributed by atoms with Gasteiger partial charge in [0.1, 0.15) is 0 Å². The fourth-order valence-corrected chi connectivity index (χ4v) is 1.03. The first-order chi connectivity index (χ1) is 4.56. The molecule has 0 unspecified atom stereocenters. The first-order valence-corrected chi connectivity index (χ1v) is 4.42. The van der Waals surface area contributed by atoms with E-state index in [0.29, 0.717) is 6.42 Å². The first-order valence-electron chi connectivity index (χ1n) is 3.34. The van der Waals surface area contributed by atoms with Crippen molar-refractivity contribution in [3.63, 3.8) is 0 Å². The molecule has 0 rings (SSSR count). The molecule has 0 saturated carbocycles. The molecule has 0 aromatic carbocycles. The molecule has 0 radical (unpaired) electrons. The zero-order valence-electron chi connectivity index (χ0n) is 5.82. The zero-order chi connectivity index (χ0) is 8.04. The molecule has 2 nitrogen and oxygen atoms in total. The molecule has 0 atom stereocenters. The molecule has 0 aromatic rings. The summed E-state index contributed by atoms with van der Waals surface area (Å²) in [6.07, 6.45) is 3.11. The number of rotatable bonds is 5. The largest absolute Gasteiger partial charge is 0.357 e. The van der Waals surface area contributed by atoms with Gasteiger partial charge in [-0.2, -0.15) is 12.6 Å². The van der Waals surface area contributed by atoms with E-state index in [1.165, 1.54) is 0 Å². The van der Waals surface area contributed by atoms with Crippen molar-refractivity contribution < 1.29 is 10.2 Å². The highest BCUT2D eigenvalue weighted by molar-refractivity contribution is 7.81. The predicted octanol–water partition coefficient (Wildman–Crippen LogP) is 1.04. The first kappa shape index (κ1) is 10.6. The SMILES string of the molecule is OC(O)(S)CCCCCS. The maximum absolute atomic E-state index is 8.72. The zero-order valence-corrected chi connectivity index (χ0v) is 7.61. The van der Waals surface area contributed by atoms with Crippen LogP contribution < -0.4 is 0 Å². The summed E-state index contributed by atoms with van der Waals surface area (Å²) >= 11 is 7.57. The van der Waals surface area contributed by atoms with Crippen molar-refractivity contribution in [3.8, 4) is 0 Å². The minimum Gasteiger partial charge on any atom is -0.357 e. The smallest absolute Gasteiger partial charge is 0.210 e. The molecule has 0 aromatic heterocycles. The summed E-state index contributed by atoms with van der Waals surface area (Å²) in [6.45, 7) is 0. The highest BCUT2D eigenvalue weighted by Crippen LogP contribution is 2.15. The maximum atomic E-state index is 8.72. The lowest BCUT2D eigenvalue weighted by Gasteiger charge is -2.13. The Labute approximate surface area is 72.5 Å². The lowest BCUT2D eigenvalue weighted by Crippen LogP contribution is -2.18. The minimum absolute atomic E-state index is 0.323. The highest BCUT2D eigenvalue weighted by atomic mass is 32.1. The minimum atomic E-state index is -1.78. The van der Waals surface area contributed by atoms with Crippen LogP contribution in [0, 0.1) is 0 Å².